The van der Waals surface area contributed by atoms with Crippen molar-refractivity contribution in [2.45, 2.75) is 25.6 Å². The fraction of sp³-hybridized carbons (Fsp3) is 0.700. The van der Waals surface area contributed by atoms with Crippen LogP contribution < -0.4 is 0 Å². The molecule has 0 amide bonds. The average molecular weight is 230 g/mol. The molecule has 15 heavy (non-hydrogen) atoms. The van der Waals surface area contributed by atoms with Crippen LogP contribution in [0.3, 0.4) is 0 Å². The second-order valence-electron chi connectivity index (χ2n) is 4.31. The van der Waals surface area contributed by atoms with Crippen LogP contribution in [0.1, 0.15) is 19.3 Å². The zero-order chi connectivity index (χ0) is 11.1. The number of hydrogen-bond acceptors (Lipinski definition) is 4. The van der Waals surface area contributed by atoms with Crippen molar-refractivity contribution in [3.8, 4) is 0 Å². The maximum absolute atomic E-state index is 11.5. The van der Waals surface area contributed by atoms with Gasteiger partial charge in [-0.2, -0.15) is 0 Å². The van der Waals surface area contributed by atoms with Crippen molar-refractivity contribution < 1.29 is 18.6 Å². The topological polar surface area (TPSA) is 52.6 Å². The standard InChI is InChI=1S/C10H15O4P/c1-15(2,12)14-10-8-6-4-3-5-7(8)9(11)13-10/h6-7,10H,3-5H2,1-2H3. The number of fused-ring (bicyclic) bond motifs is 1. The maximum Gasteiger partial charge on any atom is 0.315 e. The van der Waals surface area contributed by atoms with Crippen LogP contribution >= 0.6 is 7.37 Å². The molecule has 2 rings (SSSR count). The minimum Gasteiger partial charge on any atom is -0.431 e. The average Bonchev–Trinajstić information content (AvgIpc) is 2.42. The summed E-state index contributed by atoms with van der Waals surface area (Å²) in [7, 11) is -2.62. The molecule has 5 heteroatoms. The van der Waals surface area contributed by atoms with Crippen molar-refractivity contribution in [1.82, 2.24) is 0 Å². The zero-order valence-corrected chi connectivity index (χ0v) is 9.83. The number of rotatable bonds is 2. The van der Waals surface area contributed by atoms with E-state index >= 15 is 0 Å². The molecule has 0 spiro atoms. The normalized spacial score (nSPS) is 30.8. The molecule has 1 heterocycles. The maximum atomic E-state index is 11.5. The van der Waals surface area contributed by atoms with Crippen LogP contribution in [0.25, 0.3) is 0 Å². The Labute approximate surface area is 89.1 Å². The first-order valence-electron chi connectivity index (χ1n) is 5.11. The molecule has 84 valence electrons. The molecule has 0 aromatic heterocycles. The van der Waals surface area contributed by atoms with E-state index in [0.717, 1.165) is 24.8 Å². The third-order valence-electron chi connectivity index (χ3n) is 2.61. The van der Waals surface area contributed by atoms with Crippen molar-refractivity contribution in [2.24, 2.45) is 5.92 Å². The highest BCUT2D eigenvalue weighted by atomic mass is 31.2. The van der Waals surface area contributed by atoms with Gasteiger partial charge in [0.1, 0.15) is 0 Å². The highest BCUT2D eigenvalue weighted by Gasteiger charge is 2.42. The molecule has 0 aromatic rings. The fourth-order valence-corrected chi connectivity index (χ4v) is 2.61. The van der Waals surface area contributed by atoms with Gasteiger partial charge in [-0.1, -0.05) is 6.08 Å². The molecule has 0 bridgehead atoms. The number of ether oxygens (including phenoxy) is 1. The molecule has 1 aliphatic carbocycles. The molecular formula is C10H15O4P. The van der Waals surface area contributed by atoms with Crippen LogP contribution in [0.4, 0.5) is 0 Å². The molecule has 1 saturated heterocycles. The molecule has 1 fully saturated rings. The Morgan fingerprint density at radius 1 is 1.53 bits per heavy atom. The largest absolute Gasteiger partial charge is 0.431 e. The summed E-state index contributed by atoms with van der Waals surface area (Å²) in [6.45, 7) is 3.05. The van der Waals surface area contributed by atoms with Gasteiger partial charge in [0.05, 0.1) is 5.92 Å². The molecule has 0 aromatic carbocycles. The van der Waals surface area contributed by atoms with Gasteiger partial charge in [-0.3, -0.25) is 13.9 Å². The summed E-state index contributed by atoms with van der Waals surface area (Å²) in [5.41, 5.74) is 0.871. The number of esters is 1. The molecule has 4 nitrogen and oxygen atoms in total. The van der Waals surface area contributed by atoms with E-state index in [2.05, 4.69) is 0 Å². The summed E-state index contributed by atoms with van der Waals surface area (Å²) in [6.07, 6.45) is 4.05. The fourth-order valence-electron chi connectivity index (χ4n) is 1.98. The van der Waals surface area contributed by atoms with Gasteiger partial charge in [0.25, 0.3) is 0 Å². The Balaban J connectivity index is 2.18. The predicted octanol–water partition coefficient (Wildman–Crippen LogP) is 2.15. The van der Waals surface area contributed by atoms with E-state index in [1.807, 2.05) is 6.08 Å². The highest BCUT2D eigenvalue weighted by molar-refractivity contribution is 7.57. The Morgan fingerprint density at radius 2 is 2.27 bits per heavy atom. The van der Waals surface area contributed by atoms with Crippen molar-refractivity contribution in [3.63, 3.8) is 0 Å². The van der Waals surface area contributed by atoms with Crippen LogP contribution in [0.2, 0.25) is 0 Å². The van der Waals surface area contributed by atoms with Crippen LogP contribution in [-0.4, -0.2) is 25.6 Å². The third kappa shape index (κ3) is 2.32. The molecule has 0 saturated carbocycles. The van der Waals surface area contributed by atoms with Crippen LogP contribution in [-0.2, 0) is 18.6 Å². The Kier molecular flexibility index (Phi) is 2.73. The van der Waals surface area contributed by atoms with E-state index in [1.165, 1.54) is 13.3 Å². The zero-order valence-electron chi connectivity index (χ0n) is 8.93. The van der Waals surface area contributed by atoms with Gasteiger partial charge in [-0.15, -0.1) is 0 Å². The first-order chi connectivity index (χ1) is 6.97. The lowest BCUT2D eigenvalue weighted by Gasteiger charge is -2.18. The van der Waals surface area contributed by atoms with Gasteiger partial charge in [-0.25, -0.2) is 0 Å². The number of cyclic esters (lactones) is 1. The summed E-state index contributed by atoms with van der Waals surface area (Å²) in [4.78, 5) is 11.5. The molecule has 0 N–H and O–H groups in total. The van der Waals surface area contributed by atoms with Gasteiger partial charge >= 0.3 is 5.97 Å². The summed E-state index contributed by atoms with van der Waals surface area (Å²) in [6, 6.07) is 0. The minimum absolute atomic E-state index is 0.157. The molecule has 1 aliphatic heterocycles. The van der Waals surface area contributed by atoms with Gasteiger partial charge in [0.15, 0.2) is 0 Å². The lowest BCUT2D eigenvalue weighted by atomic mass is 9.89. The predicted molar refractivity (Wildman–Crippen MR) is 55.8 cm³/mol. The quantitative estimate of drug-likeness (QED) is 0.414. The van der Waals surface area contributed by atoms with Crippen LogP contribution in [0.15, 0.2) is 11.6 Å². The Bertz CT molecular complexity index is 354. The Morgan fingerprint density at radius 3 is 2.93 bits per heavy atom. The third-order valence-corrected chi connectivity index (χ3v) is 3.31. The van der Waals surface area contributed by atoms with E-state index in [4.69, 9.17) is 9.26 Å². The number of carbonyl (C=O) groups is 1. The van der Waals surface area contributed by atoms with Crippen molar-refractivity contribution >= 4 is 13.3 Å². The van der Waals surface area contributed by atoms with Crippen LogP contribution in [0.5, 0.6) is 0 Å². The van der Waals surface area contributed by atoms with Gasteiger partial charge < -0.3 is 4.74 Å². The van der Waals surface area contributed by atoms with E-state index in [1.54, 1.807) is 0 Å². The van der Waals surface area contributed by atoms with Crippen molar-refractivity contribution in [1.29, 1.82) is 0 Å². The highest BCUT2D eigenvalue weighted by Crippen LogP contribution is 2.45. The summed E-state index contributed by atoms with van der Waals surface area (Å²) >= 11 is 0. The molecule has 2 unspecified atom stereocenters. The summed E-state index contributed by atoms with van der Waals surface area (Å²) in [5.74, 6) is -0.394. The lowest BCUT2D eigenvalue weighted by molar-refractivity contribution is -0.152. The summed E-state index contributed by atoms with van der Waals surface area (Å²) < 4.78 is 21.9. The van der Waals surface area contributed by atoms with Crippen molar-refractivity contribution in [2.75, 3.05) is 13.3 Å². The Hall–Kier alpha value is -0.600. The van der Waals surface area contributed by atoms with E-state index < -0.39 is 13.7 Å². The smallest absolute Gasteiger partial charge is 0.315 e. The minimum atomic E-state index is -2.62. The second-order valence-corrected chi connectivity index (χ2v) is 7.03. The van der Waals surface area contributed by atoms with E-state index in [-0.39, 0.29) is 11.9 Å². The summed E-state index contributed by atoms with van der Waals surface area (Å²) in [5, 5.41) is 0. The van der Waals surface area contributed by atoms with E-state index in [9.17, 15) is 9.36 Å². The second kappa shape index (κ2) is 3.76. The monoisotopic (exact) mass is 230 g/mol. The molecular weight excluding hydrogens is 215 g/mol. The van der Waals surface area contributed by atoms with Crippen LogP contribution in [0, 0.1) is 5.92 Å². The van der Waals surface area contributed by atoms with E-state index in [0.29, 0.717) is 0 Å². The van der Waals surface area contributed by atoms with Gasteiger partial charge in [-0.05, 0) is 19.3 Å². The van der Waals surface area contributed by atoms with Crippen molar-refractivity contribution in [3.05, 3.63) is 11.6 Å². The molecule has 2 atom stereocenters. The SMILES string of the molecule is CP(C)(=O)OC1OC(=O)C2CCCC=C12. The van der Waals surface area contributed by atoms with Gasteiger partial charge in [0, 0.05) is 18.9 Å². The van der Waals surface area contributed by atoms with Gasteiger partial charge in [0.2, 0.25) is 13.7 Å². The number of hydrogen-bond donors (Lipinski definition) is 0. The first-order valence-corrected chi connectivity index (χ1v) is 7.63. The number of allylic oxidation sites excluding steroid dienone is 1. The molecule has 0 radical (unpaired) electrons. The lowest BCUT2D eigenvalue weighted by Crippen LogP contribution is -2.14. The molecule has 2 aliphatic rings. The number of carbonyl (C=O) groups excluding carboxylic acids is 1. The first kappa shape index (κ1) is 10.9.